The first-order chi connectivity index (χ1) is 31.2. The SMILES string of the molecule is CCCCCCCCC1(c2cccc(C3(CCCCCCCC)c4ccccc4-c4ccccc43)c2-n2c(-c3ccccc3)nc3ccccc32)c2ccccc2-c2ccccc21. The minimum atomic E-state index is -0.387. The van der Waals surface area contributed by atoms with Gasteiger partial charge < -0.3 is 0 Å². The molecule has 0 saturated carbocycles. The molecule has 0 unspecified atom stereocenters. The van der Waals surface area contributed by atoms with E-state index in [1.54, 1.807) is 0 Å². The molecule has 2 aliphatic carbocycles. The number of rotatable bonds is 18. The second kappa shape index (κ2) is 18.0. The van der Waals surface area contributed by atoms with Crippen molar-refractivity contribution in [3.05, 3.63) is 203 Å². The predicted octanol–water partition coefficient (Wildman–Crippen LogP) is 16.8. The van der Waals surface area contributed by atoms with Gasteiger partial charge in [0, 0.05) is 16.4 Å². The third-order valence-electron chi connectivity index (χ3n) is 14.7. The van der Waals surface area contributed by atoms with Gasteiger partial charge in [-0.05, 0) is 80.6 Å². The molecule has 2 nitrogen and oxygen atoms in total. The largest absolute Gasteiger partial charge is 0.292 e. The van der Waals surface area contributed by atoms with Crippen LogP contribution < -0.4 is 0 Å². The number of fused-ring (bicyclic) bond motifs is 7. The molecule has 0 atom stereocenters. The molecule has 2 heteroatoms. The summed E-state index contributed by atoms with van der Waals surface area (Å²) in [6.07, 6.45) is 17.1. The molecule has 10 rings (SSSR count). The van der Waals surface area contributed by atoms with E-state index in [1.807, 2.05) is 0 Å². The maximum absolute atomic E-state index is 5.59. The lowest BCUT2D eigenvalue weighted by molar-refractivity contribution is 0.494. The molecular weight excluding hydrogens is 761 g/mol. The average Bonchev–Trinajstić information content (AvgIpc) is 3.97. The van der Waals surface area contributed by atoms with Crippen molar-refractivity contribution in [2.24, 2.45) is 0 Å². The van der Waals surface area contributed by atoms with Crippen molar-refractivity contribution in [2.75, 3.05) is 0 Å². The van der Waals surface area contributed by atoms with Crippen LogP contribution in [0.1, 0.15) is 137 Å². The lowest BCUT2D eigenvalue weighted by Crippen LogP contribution is -2.33. The molecule has 2 aliphatic rings. The van der Waals surface area contributed by atoms with Gasteiger partial charge in [0.1, 0.15) is 5.82 Å². The Morgan fingerprint density at radius 1 is 0.365 bits per heavy atom. The van der Waals surface area contributed by atoms with E-state index >= 15 is 0 Å². The quantitative estimate of drug-likeness (QED) is 0.0788. The summed E-state index contributed by atoms with van der Waals surface area (Å²) < 4.78 is 2.61. The first kappa shape index (κ1) is 41.0. The molecule has 0 N–H and O–H groups in total. The van der Waals surface area contributed by atoms with E-state index in [4.69, 9.17) is 4.98 Å². The van der Waals surface area contributed by atoms with Crippen LogP contribution in [0.2, 0.25) is 0 Å². The Labute approximate surface area is 376 Å². The van der Waals surface area contributed by atoms with Gasteiger partial charge in [0.15, 0.2) is 0 Å². The summed E-state index contributed by atoms with van der Waals surface area (Å²) in [5, 5.41) is 0. The zero-order valence-corrected chi connectivity index (χ0v) is 37.5. The third-order valence-corrected chi connectivity index (χ3v) is 14.7. The summed E-state index contributed by atoms with van der Waals surface area (Å²) in [6.45, 7) is 4.64. The molecule has 0 aliphatic heterocycles. The monoisotopic (exact) mass is 822 g/mol. The van der Waals surface area contributed by atoms with Crippen molar-refractivity contribution < 1.29 is 0 Å². The maximum Gasteiger partial charge on any atom is 0.145 e. The molecule has 0 amide bonds. The average molecular weight is 823 g/mol. The zero-order chi connectivity index (χ0) is 42.6. The molecule has 1 heterocycles. The van der Waals surface area contributed by atoms with Crippen LogP contribution in [0.4, 0.5) is 0 Å². The lowest BCUT2D eigenvalue weighted by Gasteiger charge is -2.40. The number of hydrogen-bond donors (Lipinski definition) is 0. The molecule has 8 aromatic rings. The van der Waals surface area contributed by atoms with Gasteiger partial charge in [-0.2, -0.15) is 0 Å². The summed E-state index contributed by atoms with van der Waals surface area (Å²) in [4.78, 5) is 5.59. The first-order valence-electron chi connectivity index (χ1n) is 24.3. The zero-order valence-electron chi connectivity index (χ0n) is 37.5. The van der Waals surface area contributed by atoms with E-state index < -0.39 is 0 Å². The highest BCUT2D eigenvalue weighted by atomic mass is 15.1. The number of aromatic nitrogens is 2. The van der Waals surface area contributed by atoms with Gasteiger partial charge >= 0.3 is 0 Å². The topological polar surface area (TPSA) is 17.8 Å². The van der Waals surface area contributed by atoms with E-state index in [0.29, 0.717) is 0 Å². The number of benzene rings is 7. The van der Waals surface area contributed by atoms with Crippen LogP contribution in [0.15, 0.2) is 170 Å². The first-order valence-corrected chi connectivity index (χ1v) is 24.3. The summed E-state index contributed by atoms with van der Waals surface area (Å²) in [7, 11) is 0. The van der Waals surface area contributed by atoms with Crippen molar-refractivity contribution >= 4 is 11.0 Å². The summed E-state index contributed by atoms with van der Waals surface area (Å²) in [6, 6.07) is 64.8. The van der Waals surface area contributed by atoms with E-state index in [2.05, 4.69) is 188 Å². The third kappa shape index (κ3) is 6.98. The summed E-state index contributed by atoms with van der Waals surface area (Å²) >= 11 is 0. The van der Waals surface area contributed by atoms with Crippen molar-refractivity contribution in [3.8, 4) is 39.3 Å². The Morgan fingerprint density at radius 3 is 1.22 bits per heavy atom. The van der Waals surface area contributed by atoms with Gasteiger partial charge in [0.05, 0.1) is 16.7 Å². The maximum atomic E-state index is 5.59. The fraction of sp³-hybridized carbons (Fsp3) is 0.295. The predicted molar refractivity (Wildman–Crippen MR) is 266 cm³/mol. The second-order valence-electron chi connectivity index (χ2n) is 18.4. The highest BCUT2D eigenvalue weighted by molar-refractivity contribution is 5.90. The molecule has 316 valence electrons. The van der Waals surface area contributed by atoms with Crippen LogP contribution in [0.3, 0.4) is 0 Å². The Balaban J connectivity index is 1.33. The van der Waals surface area contributed by atoms with Crippen LogP contribution in [0.5, 0.6) is 0 Å². The molecule has 0 saturated heterocycles. The van der Waals surface area contributed by atoms with Crippen molar-refractivity contribution in [1.82, 2.24) is 9.55 Å². The van der Waals surface area contributed by atoms with Crippen LogP contribution >= 0.6 is 0 Å². The number of unbranched alkanes of at least 4 members (excludes halogenated alkanes) is 10. The van der Waals surface area contributed by atoms with Gasteiger partial charge in [-0.3, -0.25) is 4.57 Å². The number of imidazole rings is 1. The number of nitrogens with zero attached hydrogens (tertiary/aromatic N) is 2. The minimum Gasteiger partial charge on any atom is -0.292 e. The Hall–Kier alpha value is -5.99. The Kier molecular flexibility index (Phi) is 11.7. The second-order valence-corrected chi connectivity index (χ2v) is 18.4. The van der Waals surface area contributed by atoms with E-state index in [-0.39, 0.29) is 10.8 Å². The number of para-hydroxylation sites is 3. The molecule has 7 aromatic carbocycles. The molecule has 0 fully saturated rings. The van der Waals surface area contributed by atoms with Crippen molar-refractivity contribution in [3.63, 3.8) is 0 Å². The summed E-state index contributed by atoms with van der Waals surface area (Å²) in [5.74, 6) is 0.995. The van der Waals surface area contributed by atoms with Crippen LogP contribution in [0.25, 0.3) is 50.4 Å². The summed E-state index contributed by atoms with van der Waals surface area (Å²) in [5.41, 5.74) is 17.8. The van der Waals surface area contributed by atoms with E-state index in [9.17, 15) is 0 Å². The standard InChI is InChI=1S/C61H62N2/c1-3-5-7-9-11-26-43-60(50-35-20-16-31-46(50)47-32-17-21-36-51(47)60)54-39-28-40-55(58(54)63-57-42-25-24-41-56(57)62-59(63)45-29-14-13-15-30-45)61(44-27-12-10-8-6-4-2)52-37-22-18-33-48(52)49-34-19-23-38-53(49)61/h13-25,28-42H,3-12,26-27,43-44H2,1-2H3. The minimum absolute atomic E-state index is 0.387. The highest BCUT2D eigenvalue weighted by Crippen LogP contribution is 2.61. The van der Waals surface area contributed by atoms with Crippen LogP contribution in [0, 0.1) is 0 Å². The highest BCUT2D eigenvalue weighted by Gasteiger charge is 2.50. The molecular formula is C61H62N2. The molecule has 1 aromatic heterocycles. The number of hydrogen-bond acceptors (Lipinski definition) is 1. The van der Waals surface area contributed by atoms with E-state index in [1.165, 1.54) is 126 Å². The van der Waals surface area contributed by atoms with Crippen molar-refractivity contribution in [2.45, 2.75) is 115 Å². The Bertz CT molecular complexity index is 2620. The van der Waals surface area contributed by atoms with Gasteiger partial charge in [0.2, 0.25) is 0 Å². The molecule has 0 radical (unpaired) electrons. The van der Waals surface area contributed by atoms with Gasteiger partial charge in [-0.25, -0.2) is 4.98 Å². The van der Waals surface area contributed by atoms with Crippen LogP contribution in [-0.4, -0.2) is 9.55 Å². The smallest absolute Gasteiger partial charge is 0.145 e. The van der Waals surface area contributed by atoms with Crippen LogP contribution in [-0.2, 0) is 10.8 Å². The molecule has 0 spiro atoms. The van der Waals surface area contributed by atoms with Gasteiger partial charge in [0.25, 0.3) is 0 Å². The fourth-order valence-corrected chi connectivity index (χ4v) is 11.9. The molecule has 0 bridgehead atoms. The Morgan fingerprint density at radius 2 is 0.746 bits per heavy atom. The normalized spacial score (nSPS) is 14.1. The lowest BCUT2D eigenvalue weighted by atomic mass is 9.64. The van der Waals surface area contributed by atoms with Gasteiger partial charge in [-0.1, -0.05) is 249 Å². The van der Waals surface area contributed by atoms with Gasteiger partial charge in [-0.15, -0.1) is 0 Å². The van der Waals surface area contributed by atoms with Crippen molar-refractivity contribution in [1.29, 1.82) is 0 Å². The molecule has 63 heavy (non-hydrogen) atoms. The van der Waals surface area contributed by atoms with E-state index in [0.717, 1.165) is 48.1 Å². The fourth-order valence-electron chi connectivity index (χ4n) is 11.9.